The molecular formula is C25H26ClN3O7. The number of benzene rings is 2. The molecule has 0 saturated carbocycles. The lowest BCUT2D eigenvalue weighted by Crippen LogP contribution is -2.41. The first-order chi connectivity index (χ1) is 17.2. The average Bonchev–Trinajstić information content (AvgIpc) is 3.19. The molecule has 190 valence electrons. The van der Waals surface area contributed by atoms with E-state index in [1.165, 1.54) is 31.8 Å². The van der Waals surface area contributed by atoms with Gasteiger partial charge in [0.05, 0.1) is 26.5 Å². The van der Waals surface area contributed by atoms with Gasteiger partial charge in [0.15, 0.2) is 17.2 Å². The third-order valence-corrected chi connectivity index (χ3v) is 5.51. The first-order valence-corrected chi connectivity index (χ1v) is 11.3. The zero-order valence-electron chi connectivity index (χ0n) is 20.1. The van der Waals surface area contributed by atoms with E-state index in [2.05, 4.69) is 15.4 Å². The van der Waals surface area contributed by atoms with E-state index < -0.39 is 24.0 Å². The molecule has 0 saturated heterocycles. The molecule has 3 aromatic rings. The van der Waals surface area contributed by atoms with Crippen LogP contribution >= 0.6 is 11.6 Å². The van der Waals surface area contributed by atoms with E-state index in [4.69, 9.17) is 21.1 Å². The summed E-state index contributed by atoms with van der Waals surface area (Å²) in [5.74, 6) is -1.01. The molecule has 10 nitrogen and oxygen atoms in total. The Bertz CT molecular complexity index is 1270. The van der Waals surface area contributed by atoms with Crippen molar-refractivity contribution < 1.29 is 33.7 Å². The smallest absolute Gasteiger partial charge is 0.357 e. The Kier molecular flexibility index (Phi) is 8.44. The fraction of sp³-hybridized carbons (Fsp3) is 0.240. The van der Waals surface area contributed by atoms with Crippen LogP contribution in [0, 0.1) is 0 Å². The van der Waals surface area contributed by atoms with Gasteiger partial charge in [-0.25, -0.2) is 14.4 Å². The largest absolute Gasteiger partial charge is 0.504 e. The zero-order valence-corrected chi connectivity index (χ0v) is 20.9. The van der Waals surface area contributed by atoms with E-state index in [1.807, 2.05) is 0 Å². The van der Waals surface area contributed by atoms with E-state index in [9.17, 15) is 19.5 Å². The second-order valence-corrected chi connectivity index (χ2v) is 7.92. The summed E-state index contributed by atoms with van der Waals surface area (Å²) in [6, 6.07) is 11.8. The highest BCUT2D eigenvalue weighted by Gasteiger charge is 2.25. The number of ether oxygens (including phenoxy) is 3. The molecule has 1 aromatic heterocycles. The summed E-state index contributed by atoms with van der Waals surface area (Å²) in [7, 11) is 2.67. The third kappa shape index (κ3) is 5.55. The third-order valence-electron chi connectivity index (χ3n) is 5.23. The fourth-order valence-electron chi connectivity index (χ4n) is 3.53. The molecule has 3 N–H and O–H groups in total. The van der Waals surface area contributed by atoms with Crippen LogP contribution in [-0.2, 0) is 14.3 Å². The maximum atomic E-state index is 12.8. The van der Waals surface area contributed by atoms with Crippen LogP contribution in [0.25, 0.3) is 16.8 Å². The van der Waals surface area contributed by atoms with Gasteiger partial charge in [-0.05, 0) is 37.6 Å². The van der Waals surface area contributed by atoms with Crippen molar-refractivity contribution in [2.75, 3.05) is 26.1 Å². The Balaban J connectivity index is 1.98. The molecular weight excluding hydrogens is 490 g/mol. The second kappa shape index (κ2) is 11.5. The summed E-state index contributed by atoms with van der Waals surface area (Å²) in [4.78, 5) is 36.9. The van der Waals surface area contributed by atoms with Crippen molar-refractivity contribution in [2.24, 2.45) is 0 Å². The SMILES string of the molecule is CCOC(=O)c1c(NC(=O)NC(C)C(=O)OC)cc(Cl)n1-c1ccc(-c2cccc(OC)c2O)cc1. The maximum Gasteiger partial charge on any atom is 0.357 e. The summed E-state index contributed by atoms with van der Waals surface area (Å²) in [6.45, 7) is 3.21. The van der Waals surface area contributed by atoms with Crippen molar-refractivity contribution in [3.63, 3.8) is 0 Å². The van der Waals surface area contributed by atoms with E-state index >= 15 is 0 Å². The number of hydrogen-bond donors (Lipinski definition) is 3. The summed E-state index contributed by atoms with van der Waals surface area (Å²) in [6.07, 6.45) is 0. The molecule has 1 unspecified atom stereocenters. The lowest BCUT2D eigenvalue weighted by molar-refractivity contribution is -0.142. The van der Waals surface area contributed by atoms with Gasteiger partial charge in [-0.1, -0.05) is 35.9 Å². The average molecular weight is 516 g/mol. The lowest BCUT2D eigenvalue weighted by atomic mass is 10.0. The predicted octanol–water partition coefficient (Wildman–Crippen LogP) is 4.37. The van der Waals surface area contributed by atoms with Gasteiger partial charge in [0.25, 0.3) is 0 Å². The number of nitrogens with zero attached hydrogens (tertiary/aromatic N) is 1. The first kappa shape index (κ1) is 26.4. The molecule has 0 radical (unpaired) electrons. The van der Waals surface area contributed by atoms with Crippen LogP contribution in [0.15, 0.2) is 48.5 Å². The number of carbonyl (C=O) groups excluding carboxylic acids is 3. The maximum absolute atomic E-state index is 12.8. The minimum absolute atomic E-state index is 0.00218. The van der Waals surface area contributed by atoms with E-state index in [1.54, 1.807) is 49.4 Å². The summed E-state index contributed by atoms with van der Waals surface area (Å²) < 4.78 is 16.4. The van der Waals surface area contributed by atoms with Gasteiger partial charge in [-0.15, -0.1) is 0 Å². The Morgan fingerprint density at radius 1 is 1.11 bits per heavy atom. The number of urea groups is 1. The first-order valence-electron chi connectivity index (χ1n) is 10.9. The number of phenolic OH excluding ortho intramolecular Hbond substituents is 1. The number of methoxy groups -OCH3 is 2. The number of aromatic nitrogens is 1. The number of para-hydroxylation sites is 1. The standard InChI is InChI=1S/C25H26ClN3O7/c1-5-36-24(32)21-18(28-25(33)27-14(2)23(31)35-4)13-20(26)29(21)16-11-9-15(10-12-16)17-7-6-8-19(34-3)22(17)30/h6-14,30H,5H2,1-4H3,(H2,27,28,33). The molecule has 36 heavy (non-hydrogen) atoms. The molecule has 0 aliphatic heterocycles. The van der Waals surface area contributed by atoms with Gasteiger partial charge >= 0.3 is 18.0 Å². The number of anilines is 1. The van der Waals surface area contributed by atoms with Crippen LogP contribution in [0.1, 0.15) is 24.3 Å². The van der Waals surface area contributed by atoms with Gasteiger partial charge in [-0.3, -0.25) is 4.57 Å². The van der Waals surface area contributed by atoms with Crippen LogP contribution in [0.2, 0.25) is 5.15 Å². The molecule has 0 spiro atoms. The fourth-order valence-corrected chi connectivity index (χ4v) is 3.82. The molecule has 3 rings (SSSR count). The number of nitrogens with one attached hydrogen (secondary N) is 2. The van der Waals surface area contributed by atoms with Crippen molar-refractivity contribution in [1.29, 1.82) is 0 Å². The highest BCUT2D eigenvalue weighted by molar-refractivity contribution is 6.31. The van der Waals surface area contributed by atoms with Crippen LogP contribution < -0.4 is 15.4 Å². The Morgan fingerprint density at radius 3 is 2.42 bits per heavy atom. The number of amides is 2. The van der Waals surface area contributed by atoms with Crippen molar-refractivity contribution in [1.82, 2.24) is 9.88 Å². The molecule has 1 atom stereocenters. The van der Waals surface area contributed by atoms with Gasteiger partial charge in [-0.2, -0.15) is 0 Å². The van der Waals surface area contributed by atoms with Crippen LogP contribution in [-0.4, -0.2) is 54.5 Å². The van der Waals surface area contributed by atoms with Gasteiger partial charge in [0.1, 0.15) is 11.2 Å². The summed E-state index contributed by atoms with van der Waals surface area (Å²) >= 11 is 6.47. The second-order valence-electron chi connectivity index (χ2n) is 7.53. The highest BCUT2D eigenvalue weighted by Crippen LogP contribution is 2.37. The number of carbonyl (C=O) groups is 3. The zero-order chi connectivity index (χ0) is 26.4. The van der Waals surface area contributed by atoms with E-state index in [-0.39, 0.29) is 28.9 Å². The topological polar surface area (TPSA) is 128 Å². The summed E-state index contributed by atoms with van der Waals surface area (Å²) in [5.41, 5.74) is 1.84. The van der Waals surface area contributed by atoms with Crippen molar-refractivity contribution in [2.45, 2.75) is 19.9 Å². The molecule has 2 amide bonds. The quantitative estimate of drug-likeness (QED) is 0.380. The molecule has 0 aliphatic rings. The molecule has 11 heteroatoms. The number of rotatable bonds is 8. The molecule has 0 fully saturated rings. The predicted molar refractivity (Wildman–Crippen MR) is 134 cm³/mol. The van der Waals surface area contributed by atoms with E-state index in [0.717, 1.165) is 0 Å². The van der Waals surface area contributed by atoms with E-state index in [0.29, 0.717) is 22.6 Å². The highest BCUT2D eigenvalue weighted by atomic mass is 35.5. The number of halogens is 1. The van der Waals surface area contributed by atoms with Crippen LogP contribution in [0.3, 0.4) is 0 Å². The number of esters is 2. The number of hydrogen-bond acceptors (Lipinski definition) is 7. The minimum atomic E-state index is -0.917. The van der Waals surface area contributed by atoms with Crippen molar-refractivity contribution in [3.8, 4) is 28.3 Å². The molecule has 1 heterocycles. The van der Waals surface area contributed by atoms with Gasteiger partial charge in [0, 0.05) is 17.3 Å². The Labute approximate surface area is 212 Å². The Hall–Kier alpha value is -4.18. The normalized spacial score (nSPS) is 11.4. The van der Waals surface area contributed by atoms with Gasteiger partial charge in [0.2, 0.25) is 0 Å². The number of phenols is 1. The molecule has 2 aromatic carbocycles. The van der Waals surface area contributed by atoms with Crippen LogP contribution in [0.4, 0.5) is 10.5 Å². The van der Waals surface area contributed by atoms with Crippen molar-refractivity contribution in [3.05, 3.63) is 59.4 Å². The van der Waals surface area contributed by atoms with Crippen LogP contribution in [0.5, 0.6) is 11.5 Å². The Morgan fingerprint density at radius 2 is 1.81 bits per heavy atom. The summed E-state index contributed by atoms with van der Waals surface area (Å²) in [5, 5.41) is 15.6. The van der Waals surface area contributed by atoms with Gasteiger partial charge < -0.3 is 30.0 Å². The number of aromatic hydroxyl groups is 1. The molecule has 0 bridgehead atoms. The minimum Gasteiger partial charge on any atom is -0.504 e. The monoisotopic (exact) mass is 515 g/mol. The molecule has 0 aliphatic carbocycles. The van der Waals surface area contributed by atoms with Crippen molar-refractivity contribution >= 4 is 35.3 Å². The lowest BCUT2D eigenvalue weighted by Gasteiger charge is -2.15.